The van der Waals surface area contributed by atoms with Crippen molar-refractivity contribution in [2.45, 2.75) is 51.7 Å². The van der Waals surface area contributed by atoms with Gasteiger partial charge in [0.15, 0.2) is 0 Å². The number of ether oxygens (including phenoxy) is 1. The van der Waals surface area contributed by atoms with Gasteiger partial charge >= 0.3 is 0 Å². The Bertz CT molecular complexity index is 737. The molecule has 1 aliphatic rings. The second kappa shape index (κ2) is 6.60. The number of nitriles is 1. The van der Waals surface area contributed by atoms with E-state index in [-0.39, 0.29) is 6.10 Å². The number of hydrogen-bond donors (Lipinski definition) is 1. The molecule has 0 aliphatic heterocycles. The van der Waals surface area contributed by atoms with Gasteiger partial charge in [-0.15, -0.1) is 0 Å². The lowest BCUT2D eigenvalue weighted by Gasteiger charge is -2.27. The molecule has 1 saturated carbocycles. The smallest absolute Gasteiger partial charge is 0.138 e. The molecule has 0 amide bonds. The molecule has 0 aromatic heterocycles. The van der Waals surface area contributed by atoms with Gasteiger partial charge in [-0.3, -0.25) is 0 Å². The van der Waals surface area contributed by atoms with E-state index in [0.29, 0.717) is 11.3 Å². The van der Waals surface area contributed by atoms with Crippen LogP contribution in [0.5, 0.6) is 5.75 Å². The van der Waals surface area contributed by atoms with Gasteiger partial charge < -0.3 is 9.84 Å². The van der Waals surface area contributed by atoms with Crippen molar-refractivity contribution < 1.29 is 9.84 Å². The van der Waals surface area contributed by atoms with Crippen LogP contribution in [-0.2, 0) is 0 Å². The first kappa shape index (κ1) is 15.8. The Morgan fingerprint density at radius 1 is 1.17 bits per heavy atom. The molecule has 1 atom stereocenters. The van der Waals surface area contributed by atoms with Crippen molar-refractivity contribution in [1.82, 2.24) is 0 Å². The van der Waals surface area contributed by atoms with Crippen LogP contribution in [0.1, 0.15) is 56.8 Å². The summed E-state index contributed by atoms with van der Waals surface area (Å²) in [5, 5.41) is 21.3. The molecule has 120 valence electrons. The summed E-state index contributed by atoms with van der Waals surface area (Å²) in [7, 11) is 0. The predicted octanol–water partition coefficient (Wildman–Crippen LogP) is 4.72. The van der Waals surface area contributed by atoms with Crippen LogP contribution < -0.4 is 4.74 Å². The molecule has 1 unspecified atom stereocenters. The molecular weight excluding hydrogens is 286 g/mol. The van der Waals surface area contributed by atoms with Crippen LogP contribution in [0, 0.1) is 17.2 Å². The van der Waals surface area contributed by atoms with Crippen molar-refractivity contribution in [2.24, 2.45) is 5.92 Å². The van der Waals surface area contributed by atoms with Crippen LogP contribution in [0.15, 0.2) is 30.3 Å². The minimum Gasteiger partial charge on any atom is -0.489 e. The van der Waals surface area contributed by atoms with Gasteiger partial charge in [0, 0.05) is 5.39 Å². The first-order chi connectivity index (χ1) is 11.1. The van der Waals surface area contributed by atoms with Crippen LogP contribution in [0.4, 0.5) is 0 Å². The summed E-state index contributed by atoms with van der Waals surface area (Å²) in [4.78, 5) is 0. The van der Waals surface area contributed by atoms with Crippen molar-refractivity contribution in [1.29, 1.82) is 5.26 Å². The van der Waals surface area contributed by atoms with Crippen molar-refractivity contribution in [2.75, 3.05) is 0 Å². The maximum absolute atomic E-state index is 9.79. The molecule has 1 aliphatic carbocycles. The monoisotopic (exact) mass is 309 g/mol. The molecule has 3 rings (SSSR count). The minimum absolute atomic E-state index is 0.204. The molecule has 3 nitrogen and oxygen atoms in total. The Hall–Kier alpha value is -2.05. The quantitative estimate of drug-likeness (QED) is 0.892. The summed E-state index contributed by atoms with van der Waals surface area (Å²) in [6, 6.07) is 11.9. The van der Waals surface area contributed by atoms with Crippen LogP contribution in [0.25, 0.3) is 10.8 Å². The van der Waals surface area contributed by atoms with Crippen LogP contribution in [0.2, 0.25) is 0 Å². The van der Waals surface area contributed by atoms with Gasteiger partial charge in [-0.05, 0) is 61.6 Å². The van der Waals surface area contributed by atoms with E-state index in [0.717, 1.165) is 35.1 Å². The second-order valence-electron chi connectivity index (χ2n) is 6.71. The lowest BCUT2D eigenvalue weighted by atomic mass is 9.89. The van der Waals surface area contributed by atoms with E-state index < -0.39 is 6.10 Å². The zero-order valence-corrected chi connectivity index (χ0v) is 13.7. The normalized spacial score (nSPS) is 22.5. The molecule has 0 bridgehead atoms. The van der Waals surface area contributed by atoms with Gasteiger partial charge in [-0.2, -0.15) is 5.26 Å². The van der Waals surface area contributed by atoms with Crippen LogP contribution in [0.3, 0.4) is 0 Å². The van der Waals surface area contributed by atoms with Gasteiger partial charge in [0.25, 0.3) is 0 Å². The summed E-state index contributed by atoms with van der Waals surface area (Å²) in [5.74, 6) is 1.44. The fourth-order valence-corrected chi connectivity index (χ4v) is 3.32. The third-order valence-electron chi connectivity index (χ3n) is 4.86. The molecular formula is C20H23NO2. The number of aliphatic hydroxyl groups excluding tert-OH is 1. The molecule has 2 aromatic carbocycles. The molecule has 0 saturated heterocycles. The topological polar surface area (TPSA) is 53.2 Å². The highest BCUT2D eigenvalue weighted by molar-refractivity contribution is 5.90. The second-order valence-corrected chi connectivity index (χ2v) is 6.71. The molecule has 3 heteroatoms. The summed E-state index contributed by atoms with van der Waals surface area (Å²) >= 11 is 0. The Balaban J connectivity index is 1.95. The largest absolute Gasteiger partial charge is 0.489 e. The average Bonchev–Trinajstić information content (AvgIpc) is 2.56. The van der Waals surface area contributed by atoms with Crippen LogP contribution >= 0.6 is 0 Å². The average molecular weight is 309 g/mol. The summed E-state index contributed by atoms with van der Waals surface area (Å²) in [6.45, 7) is 4.02. The van der Waals surface area contributed by atoms with E-state index in [1.54, 1.807) is 6.92 Å². The van der Waals surface area contributed by atoms with Crippen molar-refractivity contribution in [3.8, 4) is 11.8 Å². The molecule has 0 spiro atoms. The van der Waals surface area contributed by atoms with Gasteiger partial charge in [0.1, 0.15) is 17.4 Å². The van der Waals surface area contributed by atoms with E-state index in [9.17, 15) is 10.4 Å². The maximum atomic E-state index is 9.79. The number of nitrogens with zero attached hydrogens (tertiary/aromatic N) is 1. The lowest BCUT2D eigenvalue weighted by Crippen LogP contribution is -2.23. The Morgan fingerprint density at radius 2 is 1.87 bits per heavy atom. The molecule has 1 N–H and O–H groups in total. The molecule has 1 fully saturated rings. The fraction of sp³-hybridized carbons (Fsp3) is 0.450. The van der Waals surface area contributed by atoms with Gasteiger partial charge in [0.05, 0.1) is 12.2 Å². The van der Waals surface area contributed by atoms with Crippen molar-refractivity contribution in [3.63, 3.8) is 0 Å². The summed E-state index contributed by atoms with van der Waals surface area (Å²) in [6.07, 6.45) is 4.14. The molecule has 0 radical (unpaired) electrons. The van der Waals surface area contributed by atoms with Gasteiger partial charge in [-0.1, -0.05) is 25.1 Å². The van der Waals surface area contributed by atoms with Crippen molar-refractivity contribution in [3.05, 3.63) is 41.5 Å². The zero-order valence-electron chi connectivity index (χ0n) is 13.7. The standard InChI is InChI=1S/C20H23NO2/c1-13-3-8-17(9-4-13)23-20-10-7-15-5-6-16(14(2)22)11-18(15)19(20)12-21/h5-7,10-11,13-14,17,22H,3-4,8-9H2,1-2H3/t13-,14?,17+. The van der Waals surface area contributed by atoms with E-state index >= 15 is 0 Å². The Labute approximate surface area is 137 Å². The first-order valence-corrected chi connectivity index (χ1v) is 8.40. The number of benzene rings is 2. The highest BCUT2D eigenvalue weighted by Gasteiger charge is 2.21. The highest BCUT2D eigenvalue weighted by atomic mass is 16.5. The van der Waals surface area contributed by atoms with E-state index in [1.165, 1.54) is 12.8 Å². The minimum atomic E-state index is -0.546. The zero-order chi connectivity index (χ0) is 16.4. The third-order valence-corrected chi connectivity index (χ3v) is 4.86. The predicted molar refractivity (Wildman–Crippen MR) is 91.3 cm³/mol. The Kier molecular flexibility index (Phi) is 4.54. The molecule has 0 heterocycles. The van der Waals surface area contributed by atoms with Crippen molar-refractivity contribution >= 4 is 10.8 Å². The number of rotatable bonds is 3. The first-order valence-electron chi connectivity index (χ1n) is 8.40. The van der Waals surface area contributed by atoms with Gasteiger partial charge in [-0.25, -0.2) is 0 Å². The number of aliphatic hydroxyl groups is 1. The maximum Gasteiger partial charge on any atom is 0.138 e. The molecule has 23 heavy (non-hydrogen) atoms. The number of fused-ring (bicyclic) bond motifs is 1. The lowest BCUT2D eigenvalue weighted by molar-refractivity contribution is 0.135. The van der Waals surface area contributed by atoms with E-state index in [2.05, 4.69) is 13.0 Å². The highest BCUT2D eigenvalue weighted by Crippen LogP contribution is 2.33. The third kappa shape index (κ3) is 3.33. The summed E-state index contributed by atoms with van der Waals surface area (Å²) in [5.41, 5.74) is 1.39. The van der Waals surface area contributed by atoms with Gasteiger partial charge in [0.2, 0.25) is 0 Å². The Morgan fingerprint density at radius 3 is 2.52 bits per heavy atom. The summed E-state index contributed by atoms with van der Waals surface area (Å²) < 4.78 is 6.15. The fourth-order valence-electron chi connectivity index (χ4n) is 3.32. The van der Waals surface area contributed by atoms with Crippen LogP contribution in [-0.4, -0.2) is 11.2 Å². The number of hydrogen-bond acceptors (Lipinski definition) is 3. The van der Waals surface area contributed by atoms with E-state index in [4.69, 9.17) is 4.74 Å². The SMILES string of the molecule is CC(O)c1ccc2ccc(O[C@H]3CC[C@@H](C)CC3)c(C#N)c2c1. The molecule has 2 aromatic rings. The van der Waals surface area contributed by atoms with E-state index in [1.807, 2.05) is 30.3 Å².